The van der Waals surface area contributed by atoms with Crippen molar-refractivity contribution in [3.05, 3.63) is 45.7 Å². The van der Waals surface area contributed by atoms with Crippen LogP contribution in [0, 0.1) is 13.8 Å². The zero-order valence-electron chi connectivity index (χ0n) is 13.7. The molecule has 0 saturated heterocycles. The van der Waals surface area contributed by atoms with E-state index in [1.807, 2.05) is 42.8 Å². The van der Waals surface area contributed by atoms with E-state index in [9.17, 15) is 4.79 Å². The van der Waals surface area contributed by atoms with Gasteiger partial charge in [-0.3, -0.25) is 9.48 Å². The number of hydrogen-bond acceptors (Lipinski definition) is 3. The highest BCUT2D eigenvalue weighted by atomic mass is 79.9. The van der Waals surface area contributed by atoms with Crippen LogP contribution in [-0.4, -0.2) is 29.3 Å². The largest absolute Gasteiger partial charge is 0.497 e. The number of amides is 1. The zero-order valence-corrected chi connectivity index (χ0v) is 15.3. The number of benzene rings is 1. The van der Waals surface area contributed by atoms with Gasteiger partial charge in [0.2, 0.25) is 5.91 Å². The summed E-state index contributed by atoms with van der Waals surface area (Å²) in [6, 6.07) is 7.55. The highest BCUT2D eigenvalue weighted by Crippen LogP contribution is 2.19. The maximum absolute atomic E-state index is 11.9. The summed E-state index contributed by atoms with van der Waals surface area (Å²) in [5.74, 6) is 0.829. The molecule has 0 spiro atoms. The predicted octanol–water partition coefficient (Wildman–Crippen LogP) is 3.02. The number of carbonyl (C=O) groups is 1. The molecule has 0 aliphatic carbocycles. The van der Waals surface area contributed by atoms with Crippen LogP contribution in [-0.2, 0) is 17.8 Å². The van der Waals surface area contributed by atoms with Crippen LogP contribution in [0.15, 0.2) is 28.7 Å². The van der Waals surface area contributed by atoms with Gasteiger partial charge in [-0.05, 0) is 53.9 Å². The Labute approximate surface area is 145 Å². The molecule has 1 amide bonds. The van der Waals surface area contributed by atoms with Crippen LogP contribution < -0.4 is 10.1 Å². The number of nitrogens with one attached hydrogen (secondary N) is 1. The lowest BCUT2D eigenvalue weighted by molar-refractivity contribution is -0.120. The second-order valence-electron chi connectivity index (χ2n) is 5.44. The summed E-state index contributed by atoms with van der Waals surface area (Å²) in [6.07, 6.45) is 1.23. The highest BCUT2D eigenvalue weighted by molar-refractivity contribution is 9.10. The maximum Gasteiger partial charge on any atom is 0.224 e. The van der Waals surface area contributed by atoms with Crippen LogP contribution in [0.25, 0.3) is 0 Å². The lowest BCUT2D eigenvalue weighted by atomic mass is 10.1. The number of hydrogen-bond donors (Lipinski definition) is 1. The minimum atomic E-state index is 0.0321. The van der Waals surface area contributed by atoms with Gasteiger partial charge >= 0.3 is 0 Å². The number of rotatable bonds is 7. The highest BCUT2D eigenvalue weighted by Gasteiger charge is 2.08. The van der Waals surface area contributed by atoms with E-state index in [1.165, 1.54) is 0 Å². The Balaban J connectivity index is 1.73. The molecule has 1 aromatic heterocycles. The normalized spacial score (nSPS) is 10.6. The van der Waals surface area contributed by atoms with E-state index in [0.717, 1.165) is 40.1 Å². The molecule has 124 valence electrons. The predicted molar refractivity (Wildman–Crippen MR) is 93.7 cm³/mol. The Morgan fingerprint density at radius 3 is 2.57 bits per heavy atom. The summed E-state index contributed by atoms with van der Waals surface area (Å²) in [7, 11) is 1.63. The molecule has 0 radical (unpaired) electrons. The van der Waals surface area contributed by atoms with Gasteiger partial charge in [-0.1, -0.05) is 12.1 Å². The molecule has 1 N–H and O–H groups in total. The molecule has 6 heteroatoms. The molecular weight excluding hydrogens is 358 g/mol. The molecular formula is C17H22BrN3O2. The molecule has 0 bridgehead atoms. The van der Waals surface area contributed by atoms with Crippen molar-refractivity contribution in [3.8, 4) is 5.75 Å². The summed E-state index contributed by atoms with van der Waals surface area (Å²) in [4.78, 5) is 11.9. The second-order valence-corrected chi connectivity index (χ2v) is 6.23. The average molecular weight is 380 g/mol. The first kappa shape index (κ1) is 17.5. The van der Waals surface area contributed by atoms with Crippen molar-refractivity contribution >= 4 is 21.8 Å². The first-order chi connectivity index (χ1) is 11.0. The third kappa shape index (κ3) is 4.82. The smallest absolute Gasteiger partial charge is 0.224 e. The van der Waals surface area contributed by atoms with Crippen LogP contribution in [0.5, 0.6) is 5.75 Å². The average Bonchev–Trinajstić information content (AvgIpc) is 2.79. The molecule has 0 aliphatic heterocycles. The Kier molecular flexibility index (Phi) is 6.21. The lowest BCUT2D eigenvalue weighted by Crippen LogP contribution is -2.27. The number of methoxy groups -OCH3 is 1. The summed E-state index contributed by atoms with van der Waals surface area (Å²) >= 11 is 3.52. The number of ether oxygens (including phenoxy) is 1. The third-order valence-electron chi connectivity index (χ3n) is 3.69. The third-order valence-corrected chi connectivity index (χ3v) is 4.83. The van der Waals surface area contributed by atoms with Crippen LogP contribution in [0.1, 0.15) is 23.4 Å². The lowest BCUT2D eigenvalue weighted by Gasteiger charge is -2.07. The van der Waals surface area contributed by atoms with Gasteiger partial charge in [0.15, 0.2) is 0 Å². The topological polar surface area (TPSA) is 56.1 Å². The van der Waals surface area contributed by atoms with Crippen LogP contribution in [0.4, 0.5) is 0 Å². The Morgan fingerprint density at radius 1 is 1.30 bits per heavy atom. The van der Waals surface area contributed by atoms with E-state index < -0.39 is 0 Å². The van der Waals surface area contributed by atoms with E-state index in [0.29, 0.717) is 13.0 Å². The quantitative estimate of drug-likeness (QED) is 0.752. The van der Waals surface area contributed by atoms with Crippen molar-refractivity contribution in [2.24, 2.45) is 0 Å². The number of aryl methyl sites for hydroxylation is 2. The fourth-order valence-electron chi connectivity index (χ4n) is 2.34. The summed E-state index contributed by atoms with van der Waals surface area (Å²) < 4.78 is 8.13. The first-order valence-corrected chi connectivity index (χ1v) is 8.39. The van der Waals surface area contributed by atoms with Crippen LogP contribution >= 0.6 is 15.9 Å². The maximum atomic E-state index is 11.9. The molecule has 0 fully saturated rings. The minimum absolute atomic E-state index is 0.0321. The van der Waals surface area contributed by atoms with Crippen LogP contribution in [0.3, 0.4) is 0 Å². The molecule has 5 nitrogen and oxygen atoms in total. The van der Waals surface area contributed by atoms with E-state index in [4.69, 9.17) is 4.74 Å². The number of carbonyl (C=O) groups excluding carboxylic acids is 1. The standard InChI is InChI=1S/C17H22BrN3O2/c1-12-17(18)13(2)21(20-12)10-4-9-19-16(22)11-14-5-7-15(23-3)8-6-14/h5-8H,4,9-11H2,1-3H3,(H,19,22). The van der Waals surface area contributed by atoms with Crippen molar-refractivity contribution in [2.45, 2.75) is 33.2 Å². The SMILES string of the molecule is COc1ccc(CC(=O)NCCCn2nc(C)c(Br)c2C)cc1. The van der Waals surface area contributed by atoms with Crippen molar-refractivity contribution in [3.63, 3.8) is 0 Å². The fraction of sp³-hybridized carbons (Fsp3) is 0.412. The van der Waals surface area contributed by atoms with Gasteiger partial charge in [-0.15, -0.1) is 0 Å². The molecule has 0 aliphatic rings. The van der Waals surface area contributed by atoms with Crippen LogP contribution in [0.2, 0.25) is 0 Å². The van der Waals surface area contributed by atoms with Gasteiger partial charge in [0.05, 0.1) is 23.7 Å². The number of halogens is 1. The number of nitrogens with zero attached hydrogens (tertiary/aromatic N) is 2. The summed E-state index contributed by atoms with van der Waals surface area (Å²) in [5, 5.41) is 7.40. The monoisotopic (exact) mass is 379 g/mol. The first-order valence-electron chi connectivity index (χ1n) is 7.60. The fourth-order valence-corrected chi connectivity index (χ4v) is 2.62. The van der Waals surface area contributed by atoms with Crippen molar-refractivity contribution in [1.29, 1.82) is 0 Å². The Bertz CT molecular complexity index is 665. The summed E-state index contributed by atoms with van der Waals surface area (Å²) in [5.41, 5.74) is 3.09. The molecule has 2 aromatic rings. The van der Waals surface area contributed by atoms with E-state index in [1.54, 1.807) is 7.11 Å². The summed E-state index contributed by atoms with van der Waals surface area (Å²) in [6.45, 7) is 5.45. The van der Waals surface area contributed by atoms with E-state index in [2.05, 4.69) is 26.3 Å². The molecule has 0 saturated carbocycles. The molecule has 0 unspecified atom stereocenters. The van der Waals surface area contributed by atoms with Gasteiger partial charge in [0.25, 0.3) is 0 Å². The Hall–Kier alpha value is -1.82. The molecule has 1 aromatic carbocycles. The van der Waals surface area contributed by atoms with Gasteiger partial charge in [-0.2, -0.15) is 5.10 Å². The number of aromatic nitrogens is 2. The molecule has 2 rings (SSSR count). The van der Waals surface area contributed by atoms with Gasteiger partial charge in [0, 0.05) is 18.8 Å². The molecule has 23 heavy (non-hydrogen) atoms. The zero-order chi connectivity index (χ0) is 16.8. The van der Waals surface area contributed by atoms with Gasteiger partial charge < -0.3 is 10.1 Å². The van der Waals surface area contributed by atoms with Gasteiger partial charge in [0.1, 0.15) is 5.75 Å². The molecule has 0 atom stereocenters. The van der Waals surface area contributed by atoms with Gasteiger partial charge in [-0.25, -0.2) is 0 Å². The van der Waals surface area contributed by atoms with Crippen molar-refractivity contribution in [2.75, 3.05) is 13.7 Å². The van der Waals surface area contributed by atoms with E-state index >= 15 is 0 Å². The van der Waals surface area contributed by atoms with E-state index in [-0.39, 0.29) is 5.91 Å². The van der Waals surface area contributed by atoms with Crippen molar-refractivity contribution < 1.29 is 9.53 Å². The minimum Gasteiger partial charge on any atom is -0.497 e. The Morgan fingerprint density at radius 2 is 2.00 bits per heavy atom. The van der Waals surface area contributed by atoms with Crippen molar-refractivity contribution in [1.82, 2.24) is 15.1 Å². The molecule has 1 heterocycles. The second kappa shape index (κ2) is 8.15.